The van der Waals surface area contributed by atoms with Gasteiger partial charge in [-0.3, -0.25) is 4.79 Å². The van der Waals surface area contributed by atoms with Gasteiger partial charge in [0.25, 0.3) is 5.91 Å². The van der Waals surface area contributed by atoms with Gasteiger partial charge in [-0.1, -0.05) is 12.8 Å². The molecule has 0 spiro atoms. The van der Waals surface area contributed by atoms with Gasteiger partial charge in [0.2, 0.25) is 0 Å². The smallest absolute Gasteiger partial charge is 0.252 e. The minimum Gasteiger partial charge on any atom is -0.351 e. The summed E-state index contributed by atoms with van der Waals surface area (Å²) >= 11 is 3.27. The number of carbonyl (C=O) groups excluding carboxylic acids is 1. The van der Waals surface area contributed by atoms with Gasteiger partial charge in [-0.25, -0.2) is 4.39 Å². The number of hydrogen-bond acceptors (Lipinski definition) is 2. The highest BCUT2D eigenvalue weighted by Gasteiger charge is 2.19. The van der Waals surface area contributed by atoms with Crippen LogP contribution in [0.2, 0.25) is 0 Å². The summed E-state index contributed by atoms with van der Waals surface area (Å²) in [5, 5.41) is 2.84. The van der Waals surface area contributed by atoms with E-state index < -0.39 is 5.82 Å². The number of nitrogens with zero attached hydrogens (tertiary/aromatic N) is 1. The number of nitrogens with one attached hydrogen (secondary N) is 1. The normalized spacial score (nSPS) is 15.8. The Bertz CT molecular complexity index is 475. The highest BCUT2D eigenvalue weighted by molar-refractivity contribution is 9.10. The number of likely N-dealkylation sites (N-methyl/N-ethyl adjacent to an activating group) is 1. The van der Waals surface area contributed by atoms with Crippen LogP contribution < -0.4 is 5.32 Å². The molecule has 110 valence electrons. The summed E-state index contributed by atoms with van der Waals surface area (Å²) in [5.41, 5.74) is 0.341. The Kier molecular flexibility index (Phi) is 5.54. The molecule has 0 bridgehead atoms. The van der Waals surface area contributed by atoms with Crippen molar-refractivity contribution in [1.82, 2.24) is 10.2 Å². The average Bonchev–Trinajstić information content (AvgIpc) is 2.95. The number of amides is 1. The van der Waals surface area contributed by atoms with Crippen LogP contribution in [0, 0.1) is 5.82 Å². The Balaban J connectivity index is 1.81. The van der Waals surface area contributed by atoms with Gasteiger partial charge in [0.15, 0.2) is 0 Å². The van der Waals surface area contributed by atoms with E-state index >= 15 is 0 Å². The Morgan fingerprint density at radius 3 is 2.85 bits per heavy atom. The van der Waals surface area contributed by atoms with Gasteiger partial charge < -0.3 is 10.2 Å². The molecule has 20 heavy (non-hydrogen) atoms. The van der Waals surface area contributed by atoms with Crippen molar-refractivity contribution in [3.63, 3.8) is 0 Å². The van der Waals surface area contributed by atoms with E-state index in [1.54, 1.807) is 6.07 Å². The minimum absolute atomic E-state index is 0.240. The molecule has 5 heteroatoms. The Morgan fingerprint density at radius 1 is 1.45 bits per heavy atom. The second kappa shape index (κ2) is 7.18. The molecule has 0 radical (unpaired) electrons. The van der Waals surface area contributed by atoms with E-state index in [4.69, 9.17) is 0 Å². The lowest BCUT2D eigenvalue weighted by Gasteiger charge is -2.23. The molecule has 0 atom stereocenters. The first kappa shape index (κ1) is 15.4. The van der Waals surface area contributed by atoms with Gasteiger partial charge in [0.05, 0.1) is 5.56 Å². The van der Waals surface area contributed by atoms with E-state index in [1.165, 1.54) is 37.8 Å². The molecule has 2 rings (SSSR count). The standard InChI is InChI=1S/C15H20BrFN2O/c1-19(12-4-2-3-5-12)9-8-18-15(20)13-10-11(17)6-7-14(13)16/h6-7,10,12H,2-5,8-9H2,1H3,(H,18,20). The maximum absolute atomic E-state index is 13.2. The average molecular weight is 343 g/mol. The topological polar surface area (TPSA) is 32.3 Å². The van der Waals surface area contributed by atoms with E-state index in [-0.39, 0.29) is 5.91 Å². The van der Waals surface area contributed by atoms with Crippen molar-refractivity contribution in [2.75, 3.05) is 20.1 Å². The second-order valence-corrected chi connectivity index (χ2v) is 6.15. The predicted octanol–water partition coefficient (Wildman–Crippen LogP) is 3.19. The third-order valence-corrected chi connectivity index (χ3v) is 4.56. The Morgan fingerprint density at radius 2 is 2.15 bits per heavy atom. The molecule has 1 saturated carbocycles. The molecular weight excluding hydrogens is 323 g/mol. The molecule has 3 nitrogen and oxygen atoms in total. The summed E-state index contributed by atoms with van der Waals surface area (Å²) in [6.45, 7) is 1.40. The van der Waals surface area contributed by atoms with Crippen LogP contribution in [-0.2, 0) is 0 Å². The van der Waals surface area contributed by atoms with Crippen LogP contribution in [0.25, 0.3) is 0 Å². The summed E-state index contributed by atoms with van der Waals surface area (Å²) in [6.07, 6.45) is 5.11. The Labute approximate surface area is 127 Å². The maximum Gasteiger partial charge on any atom is 0.252 e. The van der Waals surface area contributed by atoms with Crippen molar-refractivity contribution in [2.45, 2.75) is 31.7 Å². The highest BCUT2D eigenvalue weighted by Crippen LogP contribution is 2.22. The van der Waals surface area contributed by atoms with E-state index in [1.807, 2.05) is 0 Å². The zero-order valence-corrected chi connectivity index (χ0v) is 13.2. The molecule has 1 N–H and O–H groups in total. The number of carbonyl (C=O) groups is 1. The van der Waals surface area contributed by atoms with Crippen molar-refractivity contribution in [2.24, 2.45) is 0 Å². The fourth-order valence-corrected chi connectivity index (χ4v) is 3.07. The number of benzene rings is 1. The SMILES string of the molecule is CN(CCNC(=O)c1cc(F)ccc1Br)C1CCCC1. The molecule has 1 aromatic carbocycles. The van der Waals surface area contributed by atoms with E-state index in [9.17, 15) is 9.18 Å². The quantitative estimate of drug-likeness (QED) is 0.891. The molecule has 1 aliphatic carbocycles. The zero-order chi connectivity index (χ0) is 14.5. The van der Waals surface area contributed by atoms with Crippen LogP contribution in [0.1, 0.15) is 36.0 Å². The van der Waals surface area contributed by atoms with Crippen LogP contribution in [-0.4, -0.2) is 37.0 Å². The van der Waals surface area contributed by atoms with E-state index in [0.29, 0.717) is 22.6 Å². The van der Waals surface area contributed by atoms with E-state index in [2.05, 4.69) is 33.2 Å². The lowest BCUT2D eigenvalue weighted by atomic mass is 10.2. The number of hydrogen-bond donors (Lipinski definition) is 1. The lowest BCUT2D eigenvalue weighted by Crippen LogP contribution is -2.37. The first-order valence-corrected chi connectivity index (χ1v) is 7.80. The van der Waals surface area contributed by atoms with Gasteiger partial charge in [0, 0.05) is 23.6 Å². The third-order valence-electron chi connectivity index (χ3n) is 3.87. The highest BCUT2D eigenvalue weighted by atomic mass is 79.9. The van der Waals surface area contributed by atoms with Gasteiger partial charge in [-0.2, -0.15) is 0 Å². The van der Waals surface area contributed by atoms with Crippen LogP contribution in [0.4, 0.5) is 4.39 Å². The van der Waals surface area contributed by atoms with Crippen LogP contribution in [0.3, 0.4) is 0 Å². The molecular formula is C15H20BrFN2O. The molecule has 1 aromatic rings. The van der Waals surface area contributed by atoms with Crippen molar-refractivity contribution in [3.8, 4) is 0 Å². The zero-order valence-electron chi connectivity index (χ0n) is 11.7. The summed E-state index contributed by atoms with van der Waals surface area (Å²) in [6, 6.07) is 4.77. The molecule has 1 fully saturated rings. The molecule has 1 amide bonds. The molecule has 1 aliphatic rings. The first-order valence-electron chi connectivity index (χ1n) is 7.01. The van der Waals surface area contributed by atoms with E-state index in [0.717, 1.165) is 6.54 Å². The summed E-state index contributed by atoms with van der Waals surface area (Å²) in [4.78, 5) is 14.3. The monoisotopic (exact) mass is 342 g/mol. The van der Waals surface area contributed by atoms with Gasteiger partial charge in [-0.05, 0) is 54.0 Å². The van der Waals surface area contributed by atoms with Gasteiger partial charge in [0.1, 0.15) is 5.82 Å². The van der Waals surface area contributed by atoms with Gasteiger partial charge >= 0.3 is 0 Å². The van der Waals surface area contributed by atoms with Gasteiger partial charge in [-0.15, -0.1) is 0 Å². The third kappa shape index (κ3) is 4.03. The van der Waals surface area contributed by atoms with Crippen LogP contribution in [0.15, 0.2) is 22.7 Å². The van der Waals surface area contributed by atoms with Crippen LogP contribution in [0.5, 0.6) is 0 Å². The van der Waals surface area contributed by atoms with Crippen molar-refractivity contribution < 1.29 is 9.18 Å². The molecule has 0 heterocycles. The minimum atomic E-state index is -0.401. The fraction of sp³-hybridized carbons (Fsp3) is 0.533. The lowest BCUT2D eigenvalue weighted by molar-refractivity contribution is 0.0946. The Hall–Kier alpha value is -0.940. The van der Waals surface area contributed by atoms with Crippen molar-refractivity contribution in [3.05, 3.63) is 34.1 Å². The molecule has 0 unspecified atom stereocenters. The van der Waals surface area contributed by atoms with Crippen molar-refractivity contribution in [1.29, 1.82) is 0 Å². The number of rotatable bonds is 5. The summed E-state index contributed by atoms with van der Waals surface area (Å²) in [7, 11) is 2.10. The second-order valence-electron chi connectivity index (χ2n) is 5.30. The largest absolute Gasteiger partial charge is 0.351 e. The fourth-order valence-electron chi connectivity index (χ4n) is 2.64. The maximum atomic E-state index is 13.2. The van der Waals surface area contributed by atoms with Crippen molar-refractivity contribution >= 4 is 21.8 Å². The van der Waals surface area contributed by atoms with Crippen LogP contribution >= 0.6 is 15.9 Å². The molecule has 0 saturated heterocycles. The first-order chi connectivity index (χ1) is 9.58. The summed E-state index contributed by atoms with van der Waals surface area (Å²) in [5.74, 6) is -0.641. The summed E-state index contributed by atoms with van der Waals surface area (Å²) < 4.78 is 13.8. The predicted molar refractivity (Wildman–Crippen MR) is 81.3 cm³/mol. The molecule has 0 aliphatic heterocycles. The molecule has 0 aromatic heterocycles. The number of halogens is 2.